The number of thiophene rings is 1. The molecule has 4 heterocycles. The van der Waals surface area contributed by atoms with Crippen LogP contribution in [0.4, 0.5) is 51.2 Å². The van der Waals surface area contributed by atoms with Crippen LogP contribution in [0.15, 0.2) is 199 Å². The minimum Gasteiger partial charge on any atom is -0.456 e. The van der Waals surface area contributed by atoms with Gasteiger partial charge < -0.3 is 19.1 Å². The van der Waals surface area contributed by atoms with Gasteiger partial charge in [-0.1, -0.05) is 165 Å². The monoisotopic (exact) mass is 1070 g/mol. The normalized spacial score (nSPS) is 13.4. The molecule has 14 rings (SSSR count). The van der Waals surface area contributed by atoms with E-state index in [1.165, 1.54) is 110 Å². The molecule has 0 saturated carbocycles. The second-order valence-electron chi connectivity index (χ2n) is 26.1. The Bertz CT molecular complexity index is 4500. The van der Waals surface area contributed by atoms with Crippen molar-refractivity contribution in [3.8, 4) is 11.1 Å². The van der Waals surface area contributed by atoms with E-state index >= 15 is 0 Å². The fraction of sp³-hybridized carbons (Fsp3) is 0.200. The molecule has 0 saturated heterocycles. The Morgan fingerprint density at radius 1 is 0.407 bits per heavy atom. The molecule has 12 aromatic rings. The zero-order chi connectivity index (χ0) is 56.0. The summed E-state index contributed by atoms with van der Waals surface area (Å²) in [7, 11) is 0. The highest BCUT2D eigenvalue weighted by Gasteiger charge is 2.45. The van der Waals surface area contributed by atoms with Crippen LogP contribution in [0.1, 0.15) is 95.7 Å². The Balaban J connectivity index is 1.01. The first-order chi connectivity index (χ1) is 38.8. The molecule has 398 valence electrons. The number of nitrogens with zero attached hydrogens (tertiary/aromatic N) is 3. The van der Waals surface area contributed by atoms with Crippen molar-refractivity contribution in [3.05, 3.63) is 228 Å². The average molecular weight is 1070 g/mol. The summed E-state index contributed by atoms with van der Waals surface area (Å²) in [5, 5.41) is 4.87. The van der Waals surface area contributed by atoms with Crippen LogP contribution in [0.2, 0.25) is 0 Å². The van der Waals surface area contributed by atoms with Gasteiger partial charge in [-0.15, -0.1) is 11.3 Å². The molecule has 2 aliphatic heterocycles. The van der Waals surface area contributed by atoms with E-state index in [9.17, 15) is 0 Å². The van der Waals surface area contributed by atoms with Gasteiger partial charge in [0.25, 0.3) is 6.71 Å². The second kappa shape index (κ2) is 18.4. The summed E-state index contributed by atoms with van der Waals surface area (Å²) in [5.41, 5.74) is 25.9. The highest BCUT2D eigenvalue weighted by Crippen LogP contribution is 2.50. The van der Waals surface area contributed by atoms with Gasteiger partial charge in [0.1, 0.15) is 11.2 Å². The van der Waals surface area contributed by atoms with Crippen LogP contribution < -0.4 is 31.1 Å². The molecule has 2 aliphatic rings. The SMILES string of the molecule is Cc1cc(C)c(N2c3cc(N(c4ccc(C(C)(C)C)cc4)c4ccc5c(c4)oc4ccccc45)ccc3B3c4cc(C(C)(C)C)ccc4N(c4ccc(-c5ccc6sc7ccccc7c6c5)cc4)c4cc(C(C)(C)C)cc2c43)c(C)c1. The molecule has 0 bridgehead atoms. The summed E-state index contributed by atoms with van der Waals surface area (Å²) in [4.78, 5) is 7.65. The fourth-order valence-electron chi connectivity index (χ4n) is 13.2. The molecule has 6 heteroatoms. The van der Waals surface area contributed by atoms with Crippen LogP contribution in [-0.4, -0.2) is 6.71 Å². The lowest BCUT2D eigenvalue weighted by atomic mass is 9.33. The van der Waals surface area contributed by atoms with Gasteiger partial charge in [0, 0.05) is 82.5 Å². The number of rotatable bonds is 6. The molecule has 2 aromatic heterocycles. The average Bonchev–Trinajstić information content (AvgIpc) is 2.13. The van der Waals surface area contributed by atoms with E-state index in [4.69, 9.17) is 4.42 Å². The molecule has 81 heavy (non-hydrogen) atoms. The van der Waals surface area contributed by atoms with Crippen molar-refractivity contribution >= 4 is 128 Å². The summed E-state index contributed by atoms with van der Waals surface area (Å²) in [6, 6.07) is 73.8. The first-order valence-electron chi connectivity index (χ1n) is 28.8. The maximum absolute atomic E-state index is 6.62. The number of fused-ring (bicyclic) bond motifs is 10. The van der Waals surface area contributed by atoms with E-state index in [-0.39, 0.29) is 23.0 Å². The van der Waals surface area contributed by atoms with Gasteiger partial charge in [0.15, 0.2) is 0 Å². The van der Waals surface area contributed by atoms with Crippen LogP contribution in [-0.2, 0) is 16.2 Å². The molecule has 0 unspecified atom stereocenters. The molecular weight excluding hydrogens is 1000 g/mol. The minimum absolute atomic E-state index is 0.00251. The molecule has 0 radical (unpaired) electrons. The molecule has 0 N–H and O–H groups in total. The maximum atomic E-state index is 6.62. The number of para-hydroxylation sites is 1. The van der Waals surface area contributed by atoms with Crippen molar-refractivity contribution in [2.45, 2.75) is 99.3 Å². The number of anilines is 9. The lowest BCUT2D eigenvalue weighted by Gasteiger charge is -2.46. The first kappa shape index (κ1) is 50.9. The third-order valence-corrected chi connectivity index (χ3v) is 18.5. The first-order valence-corrected chi connectivity index (χ1v) is 29.6. The standard InChI is InChI=1S/C75H68BN3OS/c1-45-37-46(2)72(47(3)38-45)79-64-43-55(77(53-29-24-50(25-30-53)73(4,5)6)56-31-33-58-57-17-13-15-19-67(57)80-68(58)44-56)32-34-61(64)76-62-40-51(74(7,8)9)26-35-63(62)78(65-41-52(75(10,11)12)42-66(79)71(65)76)54-27-21-48(22-28-54)49-23-36-70-60(39-49)59-18-14-16-20-69(59)81-70/h13-44H,1-12H3. The smallest absolute Gasteiger partial charge is 0.252 e. The maximum Gasteiger partial charge on any atom is 0.252 e. The largest absolute Gasteiger partial charge is 0.456 e. The van der Waals surface area contributed by atoms with Gasteiger partial charge in [-0.2, -0.15) is 0 Å². The fourth-order valence-corrected chi connectivity index (χ4v) is 14.3. The van der Waals surface area contributed by atoms with E-state index in [0.29, 0.717) is 0 Å². The van der Waals surface area contributed by atoms with Gasteiger partial charge in [0.2, 0.25) is 0 Å². The number of hydrogen-bond donors (Lipinski definition) is 0. The zero-order valence-corrected chi connectivity index (χ0v) is 49.5. The van der Waals surface area contributed by atoms with Gasteiger partial charge in [-0.25, -0.2) is 0 Å². The van der Waals surface area contributed by atoms with Crippen molar-refractivity contribution in [3.63, 3.8) is 0 Å². The van der Waals surface area contributed by atoms with E-state index in [2.05, 4.69) is 292 Å². The lowest BCUT2D eigenvalue weighted by molar-refractivity contribution is 0.590. The van der Waals surface area contributed by atoms with Gasteiger partial charge in [-0.3, -0.25) is 0 Å². The Kier molecular flexibility index (Phi) is 11.5. The van der Waals surface area contributed by atoms with Crippen LogP contribution in [0.25, 0.3) is 53.2 Å². The van der Waals surface area contributed by atoms with Gasteiger partial charge in [0.05, 0.1) is 5.69 Å². The molecule has 0 atom stereocenters. The number of furan rings is 1. The van der Waals surface area contributed by atoms with Crippen LogP contribution >= 0.6 is 11.3 Å². The molecule has 10 aromatic carbocycles. The van der Waals surface area contributed by atoms with Crippen molar-refractivity contribution in [2.75, 3.05) is 14.7 Å². The molecule has 4 nitrogen and oxygen atoms in total. The third-order valence-electron chi connectivity index (χ3n) is 17.3. The molecule has 0 aliphatic carbocycles. The quantitative estimate of drug-likeness (QED) is 0.155. The zero-order valence-electron chi connectivity index (χ0n) is 48.7. The Hall–Kier alpha value is -8.32. The third kappa shape index (κ3) is 8.39. The summed E-state index contributed by atoms with van der Waals surface area (Å²) in [5.74, 6) is 0. The molecule has 0 amide bonds. The lowest BCUT2D eigenvalue weighted by Crippen LogP contribution is -2.61. The van der Waals surface area contributed by atoms with Crippen molar-refractivity contribution in [1.29, 1.82) is 0 Å². The highest BCUT2D eigenvalue weighted by molar-refractivity contribution is 7.25. The van der Waals surface area contributed by atoms with Crippen molar-refractivity contribution in [2.24, 2.45) is 0 Å². The van der Waals surface area contributed by atoms with Gasteiger partial charge >= 0.3 is 0 Å². The van der Waals surface area contributed by atoms with E-state index in [1.807, 2.05) is 11.3 Å². The predicted octanol–water partition coefficient (Wildman–Crippen LogP) is 20.0. The number of benzene rings is 10. The predicted molar refractivity (Wildman–Crippen MR) is 351 cm³/mol. The number of hydrogen-bond acceptors (Lipinski definition) is 5. The van der Waals surface area contributed by atoms with E-state index < -0.39 is 0 Å². The van der Waals surface area contributed by atoms with Crippen molar-refractivity contribution < 1.29 is 4.42 Å². The topological polar surface area (TPSA) is 22.9 Å². The Morgan fingerprint density at radius 3 is 1.72 bits per heavy atom. The van der Waals surface area contributed by atoms with E-state index in [1.54, 1.807) is 0 Å². The summed E-state index contributed by atoms with van der Waals surface area (Å²) >= 11 is 1.87. The second-order valence-corrected chi connectivity index (χ2v) is 27.1. The van der Waals surface area contributed by atoms with Crippen molar-refractivity contribution in [1.82, 2.24) is 0 Å². The molecule has 0 spiro atoms. The van der Waals surface area contributed by atoms with Gasteiger partial charge in [-0.05, 0) is 183 Å². The van der Waals surface area contributed by atoms with Crippen LogP contribution in [0, 0.1) is 20.8 Å². The Labute approximate surface area is 482 Å². The Morgan fingerprint density at radius 2 is 1.00 bits per heavy atom. The molecule has 0 fully saturated rings. The molecular formula is C75H68BN3OS. The number of aryl methyl sites for hydroxylation is 3. The summed E-state index contributed by atoms with van der Waals surface area (Å²) < 4.78 is 9.27. The summed E-state index contributed by atoms with van der Waals surface area (Å²) in [6.07, 6.45) is 0. The van der Waals surface area contributed by atoms with Crippen LogP contribution in [0.5, 0.6) is 0 Å². The van der Waals surface area contributed by atoms with Crippen LogP contribution in [0.3, 0.4) is 0 Å². The van der Waals surface area contributed by atoms with E-state index in [0.717, 1.165) is 44.7 Å². The highest BCUT2D eigenvalue weighted by atomic mass is 32.1. The minimum atomic E-state index is -0.173. The summed E-state index contributed by atoms with van der Waals surface area (Å²) in [6.45, 7) is 27.7.